The zero-order valence-electron chi connectivity index (χ0n) is 14.8. The van der Waals surface area contributed by atoms with Gasteiger partial charge >= 0.3 is 6.09 Å². The maximum Gasteiger partial charge on any atom is 0.408 e. The number of hydrogen-bond acceptors (Lipinski definition) is 5. The van der Waals surface area contributed by atoms with Gasteiger partial charge in [0.25, 0.3) is 0 Å². The molecule has 140 valence electrons. The van der Waals surface area contributed by atoms with E-state index in [9.17, 15) is 9.59 Å². The fraction of sp³-hybridized carbons (Fsp3) is 0.250. The first kappa shape index (κ1) is 20.3. The molecule has 0 fully saturated rings. The molecule has 2 aromatic carbocycles. The molecule has 2 N–H and O–H groups in total. The van der Waals surface area contributed by atoms with E-state index in [0.29, 0.717) is 11.5 Å². The molecule has 0 aromatic heterocycles. The van der Waals surface area contributed by atoms with Crippen molar-refractivity contribution in [3.63, 3.8) is 0 Å². The van der Waals surface area contributed by atoms with Crippen molar-refractivity contribution < 1.29 is 14.3 Å². The maximum absolute atomic E-state index is 12.2. The molecule has 6 nitrogen and oxygen atoms in total. The number of rotatable bonds is 9. The normalized spacial score (nSPS) is 11.1. The van der Waals surface area contributed by atoms with Gasteiger partial charge < -0.3 is 15.4 Å². The minimum atomic E-state index is -0.782. The van der Waals surface area contributed by atoms with Crippen LogP contribution in [0.5, 0.6) is 0 Å². The first-order valence-electron chi connectivity index (χ1n) is 8.42. The van der Waals surface area contributed by atoms with E-state index in [0.717, 1.165) is 11.1 Å². The lowest BCUT2D eigenvalue weighted by Gasteiger charge is -2.17. The Bertz CT molecular complexity index is 763. The first-order valence-corrected chi connectivity index (χ1v) is 9.58. The summed E-state index contributed by atoms with van der Waals surface area (Å²) in [5, 5.41) is 13.7. The van der Waals surface area contributed by atoms with Crippen molar-refractivity contribution in [2.45, 2.75) is 18.4 Å². The topological polar surface area (TPSA) is 91.2 Å². The lowest BCUT2D eigenvalue weighted by Crippen LogP contribution is -2.48. The molecule has 0 aliphatic rings. The molecule has 0 radical (unpaired) electrons. The SMILES string of the molecule is N#CCNC(=O)[C@H](CSCc1ccccc1)NC(=O)OCc1ccccc1. The number of alkyl carbamates (subject to hydrolysis) is 1. The van der Waals surface area contributed by atoms with E-state index in [4.69, 9.17) is 10.00 Å². The fourth-order valence-electron chi connectivity index (χ4n) is 2.21. The van der Waals surface area contributed by atoms with Gasteiger partial charge in [0.05, 0.1) is 6.07 Å². The van der Waals surface area contributed by atoms with Gasteiger partial charge in [-0.1, -0.05) is 60.7 Å². The summed E-state index contributed by atoms with van der Waals surface area (Å²) in [4.78, 5) is 24.3. The summed E-state index contributed by atoms with van der Waals surface area (Å²) in [7, 11) is 0. The minimum absolute atomic E-state index is 0.112. The monoisotopic (exact) mass is 383 g/mol. The van der Waals surface area contributed by atoms with E-state index >= 15 is 0 Å². The number of ether oxygens (including phenoxy) is 1. The molecule has 0 aliphatic carbocycles. The van der Waals surface area contributed by atoms with Crippen LogP contribution in [0.1, 0.15) is 11.1 Å². The van der Waals surface area contributed by atoms with E-state index in [2.05, 4.69) is 10.6 Å². The lowest BCUT2D eigenvalue weighted by molar-refractivity contribution is -0.122. The predicted octanol–water partition coefficient (Wildman–Crippen LogP) is 2.85. The third-order valence-electron chi connectivity index (χ3n) is 3.56. The van der Waals surface area contributed by atoms with Gasteiger partial charge in [0, 0.05) is 11.5 Å². The van der Waals surface area contributed by atoms with Crippen LogP contribution in [0.3, 0.4) is 0 Å². The Labute approximate surface area is 162 Å². The second-order valence-electron chi connectivity index (χ2n) is 5.64. The molecule has 0 spiro atoms. The van der Waals surface area contributed by atoms with Crippen LogP contribution in [0.2, 0.25) is 0 Å². The van der Waals surface area contributed by atoms with Crippen molar-refractivity contribution >= 4 is 23.8 Å². The van der Waals surface area contributed by atoms with Crippen LogP contribution in [0.15, 0.2) is 60.7 Å². The highest BCUT2D eigenvalue weighted by atomic mass is 32.2. The highest BCUT2D eigenvalue weighted by Crippen LogP contribution is 2.13. The van der Waals surface area contributed by atoms with Crippen molar-refractivity contribution in [3.8, 4) is 6.07 Å². The molecule has 1 atom stereocenters. The van der Waals surface area contributed by atoms with Crippen LogP contribution < -0.4 is 10.6 Å². The smallest absolute Gasteiger partial charge is 0.408 e. The van der Waals surface area contributed by atoms with Gasteiger partial charge in [-0.2, -0.15) is 17.0 Å². The summed E-state index contributed by atoms with van der Waals surface area (Å²) in [6.45, 7) is 0.00972. The minimum Gasteiger partial charge on any atom is -0.445 e. The number of nitrogens with zero attached hydrogens (tertiary/aromatic N) is 1. The quantitative estimate of drug-likeness (QED) is 0.650. The second-order valence-corrected chi connectivity index (χ2v) is 6.67. The Kier molecular flexibility index (Phi) is 8.74. The largest absolute Gasteiger partial charge is 0.445 e. The number of amides is 2. The Morgan fingerprint density at radius 1 is 1.04 bits per heavy atom. The average Bonchev–Trinajstić information content (AvgIpc) is 2.71. The Balaban J connectivity index is 1.85. The predicted molar refractivity (Wildman–Crippen MR) is 105 cm³/mol. The number of benzene rings is 2. The molecule has 27 heavy (non-hydrogen) atoms. The maximum atomic E-state index is 12.2. The van der Waals surface area contributed by atoms with Crippen molar-refractivity contribution in [2.24, 2.45) is 0 Å². The molecular weight excluding hydrogens is 362 g/mol. The molecule has 0 unspecified atom stereocenters. The van der Waals surface area contributed by atoms with Crippen molar-refractivity contribution in [1.29, 1.82) is 5.26 Å². The summed E-state index contributed by atoms with van der Waals surface area (Å²) in [6, 6.07) is 20.2. The van der Waals surface area contributed by atoms with E-state index in [-0.39, 0.29) is 13.2 Å². The third-order valence-corrected chi connectivity index (χ3v) is 4.67. The molecule has 0 saturated carbocycles. The molecule has 2 amide bonds. The Hall–Kier alpha value is -2.98. The van der Waals surface area contributed by atoms with Crippen LogP contribution in [-0.4, -0.2) is 30.3 Å². The van der Waals surface area contributed by atoms with Crippen molar-refractivity contribution in [1.82, 2.24) is 10.6 Å². The van der Waals surface area contributed by atoms with Crippen LogP contribution in [0.25, 0.3) is 0 Å². The van der Waals surface area contributed by atoms with E-state index in [1.54, 1.807) is 0 Å². The Morgan fingerprint density at radius 2 is 1.67 bits per heavy atom. The van der Waals surface area contributed by atoms with Gasteiger partial charge in [0.1, 0.15) is 19.2 Å². The number of thioether (sulfide) groups is 1. The van der Waals surface area contributed by atoms with Gasteiger partial charge in [0.15, 0.2) is 0 Å². The molecular formula is C20H21N3O3S. The summed E-state index contributed by atoms with van der Waals surface area (Å²) in [5.74, 6) is 0.671. The van der Waals surface area contributed by atoms with Crippen molar-refractivity contribution in [3.05, 3.63) is 71.8 Å². The summed E-state index contributed by atoms with van der Waals surface area (Å²) in [6.07, 6.45) is -0.670. The number of hydrogen-bond donors (Lipinski definition) is 2. The number of nitriles is 1. The van der Waals surface area contributed by atoms with Crippen LogP contribution >= 0.6 is 11.8 Å². The van der Waals surface area contributed by atoms with Gasteiger partial charge in [0.2, 0.25) is 5.91 Å². The lowest BCUT2D eigenvalue weighted by atomic mass is 10.2. The molecule has 7 heteroatoms. The average molecular weight is 383 g/mol. The van der Waals surface area contributed by atoms with Crippen LogP contribution in [-0.2, 0) is 21.9 Å². The second kappa shape index (κ2) is 11.6. The number of carbonyl (C=O) groups excluding carboxylic acids is 2. The van der Waals surface area contributed by atoms with Gasteiger partial charge in [-0.25, -0.2) is 4.79 Å². The molecule has 0 heterocycles. The van der Waals surface area contributed by atoms with Gasteiger partial charge in [-0.3, -0.25) is 4.79 Å². The molecule has 0 aliphatic heterocycles. The zero-order valence-corrected chi connectivity index (χ0v) is 15.6. The summed E-state index contributed by atoms with van der Waals surface area (Å²) < 4.78 is 5.17. The summed E-state index contributed by atoms with van der Waals surface area (Å²) in [5.41, 5.74) is 1.99. The molecule has 2 aromatic rings. The van der Waals surface area contributed by atoms with E-state index in [1.165, 1.54) is 11.8 Å². The molecule has 0 bridgehead atoms. The van der Waals surface area contributed by atoms with Crippen LogP contribution in [0.4, 0.5) is 4.79 Å². The highest BCUT2D eigenvalue weighted by Gasteiger charge is 2.21. The molecule has 0 saturated heterocycles. The third kappa shape index (κ3) is 7.84. The standard InChI is InChI=1S/C20H21N3O3S/c21-11-12-22-19(24)18(15-27-14-17-9-5-2-6-10-17)23-20(25)26-13-16-7-3-1-4-8-16/h1-10,18H,12-15H2,(H,22,24)(H,23,25)/t18-/m0/s1. The fourth-order valence-corrected chi connectivity index (χ4v) is 3.23. The highest BCUT2D eigenvalue weighted by molar-refractivity contribution is 7.98. The summed E-state index contributed by atoms with van der Waals surface area (Å²) >= 11 is 1.52. The van der Waals surface area contributed by atoms with Gasteiger partial charge in [-0.05, 0) is 11.1 Å². The van der Waals surface area contributed by atoms with Crippen LogP contribution in [0, 0.1) is 11.3 Å². The van der Waals surface area contributed by atoms with E-state index in [1.807, 2.05) is 66.7 Å². The zero-order chi connectivity index (χ0) is 19.3. The number of nitrogens with one attached hydrogen (secondary N) is 2. The van der Waals surface area contributed by atoms with E-state index < -0.39 is 18.0 Å². The first-order chi connectivity index (χ1) is 13.2. The van der Waals surface area contributed by atoms with Crippen molar-refractivity contribution in [2.75, 3.05) is 12.3 Å². The number of carbonyl (C=O) groups is 2. The van der Waals surface area contributed by atoms with Gasteiger partial charge in [-0.15, -0.1) is 0 Å². The molecule has 2 rings (SSSR count). The Morgan fingerprint density at radius 3 is 2.30 bits per heavy atom.